The van der Waals surface area contributed by atoms with Gasteiger partial charge < -0.3 is 19.1 Å². The zero-order valence-corrected chi connectivity index (χ0v) is 19.9. The molecule has 0 aliphatic carbocycles. The Hall–Kier alpha value is -3.47. The predicted molar refractivity (Wildman–Crippen MR) is 133 cm³/mol. The summed E-state index contributed by atoms with van der Waals surface area (Å²) in [7, 11) is 0. The van der Waals surface area contributed by atoms with Gasteiger partial charge in [-0.25, -0.2) is 4.79 Å². The van der Waals surface area contributed by atoms with Crippen LogP contribution in [0.25, 0.3) is 21.7 Å². The van der Waals surface area contributed by atoms with E-state index in [9.17, 15) is 9.90 Å². The lowest BCUT2D eigenvalue weighted by atomic mass is 10.0. The van der Waals surface area contributed by atoms with Gasteiger partial charge in [0.1, 0.15) is 18.1 Å². The molecule has 1 aromatic heterocycles. The van der Waals surface area contributed by atoms with Crippen LogP contribution in [-0.2, 0) is 11.3 Å². The molecule has 3 aromatic carbocycles. The second-order valence-electron chi connectivity index (χ2n) is 8.70. The molecule has 0 saturated carbocycles. The van der Waals surface area contributed by atoms with Crippen molar-refractivity contribution in [2.45, 2.75) is 47.1 Å². The average Bonchev–Trinajstić information content (AvgIpc) is 3.06. The summed E-state index contributed by atoms with van der Waals surface area (Å²) in [6, 6.07) is 15.7. The van der Waals surface area contributed by atoms with Gasteiger partial charge in [-0.1, -0.05) is 50.2 Å². The Morgan fingerprint density at radius 2 is 1.76 bits per heavy atom. The Morgan fingerprint density at radius 3 is 2.45 bits per heavy atom. The monoisotopic (exact) mass is 445 g/mol. The highest BCUT2D eigenvalue weighted by atomic mass is 16.5. The van der Waals surface area contributed by atoms with Crippen LogP contribution in [0.3, 0.4) is 0 Å². The van der Waals surface area contributed by atoms with Crippen molar-refractivity contribution in [2.75, 3.05) is 13.2 Å². The quantitative estimate of drug-likeness (QED) is 0.330. The number of esters is 1. The maximum Gasteiger partial charge on any atom is 0.340 e. The highest BCUT2D eigenvalue weighted by molar-refractivity contribution is 6.16. The fraction of sp³-hybridized carbons (Fsp3) is 0.321. The lowest BCUT2D eigenvalue weighted by Gasteiger charge is -2.15. The number of rotatable bonds is 7. The lowest BCUT2D eigenvalue weighted by molar-refractivity contribution is 0.0527. The van der Waals surface area contributed by atoms with Crippen LogP contribution in [-0.4, -0.2) is 28.9 Å². The third-order valence-corrected chi connectivity index (χ3v) is 6.23. The van der Waals surface area contributed by atoms with E-state index < -0.39 is 0 Å². The normalized spacial score (nSPS) is 11.5. The van der Waals surface area contributed by atoms with Crippen LogP contribution in [0.4, 0.5) is 0 Å². The third kappa shape index (κ3) is 4.15. The van der Waals surface area contributed by atoms with E-state index in [2.05, 4.69) is 36.6 Å². The maximum absolute atomic E-state index is 12.8. The van der Waals surface area contributed by atoms with Gasteiger partial charge >= 0.3 is 5.97 Å². The second kappa shape index (κ2) is 9.18. The first kappa shape index (κ1) is 22.7. The Balaban J connectivity index is 1.77. The van der Waals surface area contributed by atoms with E-state index in [1.807, 2.05) is 38.1 Å². The summed E-state index contributed by atoms with van der Waals surface area (Å²) >= 11 is 0. The van der Waals surface area contributed by atoms with E-state index in [1.54, 1.807) is 13.0 Å². The molecular weight excluding hydrogens is 414 g/mol. The molecule has 5 nitrogen and oxygen atoms in total. The van der Waals surface area contributed by atoms with Gasteiger partial charge in [0.25, 0.3) is 0 Å². The number of aromatic nitrogens is 1. The number of carbonyl (C=O) groups is 1. The van der Waals surface area contributed by atoms with E-state index in [0.717, 1.165) is 33.3 Å². The molecule has 5 heteroatoms. The largest absolute Gasteiger partial charge is 0.507 e. The van der Waals surface area contributed by atoms with Crippen molar-refractivity contribution in [3.8, 4) is 11.5 Å². The first-order valence-electron chi connectivity index (χ1n) is 11.5. The van der Waals surface area contributed by atoms with Gasteiger partial charge in [0.05, 0.1) is 24.2 Å². The SMILES string of the molecule is CCOC(=O)c1c(C)n(CCOc2cc(C(C)C)ccc2C)c2c1cc(O)c1ccccc12. The summed E-state index contributed by atoms with van der Waals surface area (Å²) in [5, 5.41) is 13.0. The number of aryl methyl sites for hydroxylation is 1. The summed E-state index contributed by atoms with van der Waals surface area (Å²) in [6.45, 7) is 11.4. The van der Waals surface area contributed by atoms with Crippen LogP contribution in [0.1, 0.15) is 53.9 Å². The topological polar surface area (TPSA) is 60.7 Å². The minimum absolute atomic E-state index is 0.151. The molecular formula is C28H31NO4. The number of benzene rings is 3. The van der Waals surface area contributed by atoms with Gasteiger partial charge in [-0.15, -0.1) is 0 Å². The average molecular weight is 446 g/mol. The van der Waals surface area contributed by atoms with Crippen LogP contribution in [0.2, 0.25) is 0 Å². The van der Waals surface area contributed by atoms with Gasteiger partial charge in [0, 0.05) is 21.9 Å². The van der Waals surface area contributed by atoms with Crippen molar-refractivity contribution in [1.29, 1.82) is 0 Å². The number of fused-ring (bicyclic) bond motifs is 3. The molecule has 0 atom stereocenters. The number of hydrogen-bond acceptors (Lipinski definition) is 4. The number of phenols is 1. The summed E-state index contributed by atoms with van der Waals surface area (Å²) in [5.41, 5.74) is 4.53. The highest BCUT2D eigenvalue weighted by Crippen LogP contribution is 2.37. The number of phenolic OH excluding ortho intramolecular Hbond substituents is 1. The first-order valence-corrected chi connectivity index (χ1v) is 11.5. The fourth-order valence-corrected chi connectivity index (χ4v) is 4.44. The molecule has 0 amide bonds. The zero-order chi connectivity index (χ0) is 23.7. The molecule has 0 saturated heterocycles. The third-order valence-electron chi connectivity index (χ3n) is 6.23. The smallest absolute Gasteiger partial charge is 0.340 e. The van der Waals surface area contributed by atoms with Gasteiger partial charge in [0.2, 0.25) is 0 Å². The molecule has 1 N–H and O–H groups in total. The van der Waals surface area contributed by atoms with Crippen molar-refractivity contribution >= 4 is 27.6 Å². The van der Waals surface area contributed by atoms with Gasteiger partial charge in [-0.3, -0.25) is 0 Å². The van der Waals surface area contributed by atoms with Crippen molar-refractivity contribution < 1.29 is 19.4 Å². The van der Waals surface area contributed by atoms with Gasteiger partial charge in [-0.2, -0.15) is 0 Å². The summed E-state index contributed by atoms with van der Waals surface area (Å²) in [4.78, 5) is 12.8. The Morgan fingerprint density at radius 1 is 1.03 bits per heavy atom. The number of aromatic hydroxyl groups is 1. The van der Waals surface area contributed by atoms with Crippen molar-refractivity contribution in [1.82, 2.24) is 4.57 Å². The highest BCUT2D eigenvalue weighted by Gasteiger charge is 2.23. The van der Waals surface area contributed by atoms with Crippen LogP contribution >= 0.6 is 0 Å². The van der Waals surface area contributed by atoms with Gasteiger partial charge in [0.15, 0.2) is 0 Å². The minimum Gasteiger partial charge on any atom is -0.507 e. The molecule has 0 aliphatic heterocycles. The van der Waals surface area contributed by atoms with E-state index in [0.29, 0.717) is 36.6 Å². The van der Waals surface area contributed by atoms with Crippen LogP contribution < -0.4 is 4.74 Å². The molecule has 1 heterocycles. The zero-order valence-electron chi connectivity index (χ0n) is 19.9. The Kier molecular flexibility index (Phi) is 6.32. The van der Waals surface area contributed by atoms with Gasteiger partial charge in [-0.05, 0) is 49.9 Å². The van der Waals surface area contributed by atoms with E-state index in [4.69, 9.17) is 9.47 Å². The summed E-state index contributed by atoms with van der Waals surface area (Å²) in [6.07, 6.45) is 0. The minimum atomic E-state index is -0.380. The molecule has 172 valence electrons. The molecule has 0 bridgehead atoms. The second-order valence-corrected chi connectivity index (χ2v) is 8.70. The molecule has 0 aliphatic rings. The maximum atomic E-state index is 12.8. The molecule has 4 aromatic rings. The number of hydrogen-bond donors (Lipinski definition) is 1. The van der Waals surface area contributed by atoms with E-state index in [-0.39, 0.29) is 11.7 Å². The predicted octanol–water partition coefficient (Wildman–Crippen LogP) is 6.50. The number of ether oxygens (including phenoxy) is 2. The number of carbonyl (C=O) groups excluding carboxylic acids is 1. The van der Waals surface area contributed by atoms with Crippen LogP contribution in [0.15, 0.2) is 48.5 Å². The first-order chi connectivity index (χ1) is 15.8. The molecule has 0 fully saturated rings. The van der Waals surface area contributed by atoms with Crippen LogP contribution in [0.5, 0.6) is 11.5 Å². The van der Waals surface area contributed by atoms with Crippen molar-refractivity contribution in [3.63, 3.8) is 0 Å². The standard InChI is InChI=1S/C28H31NO4/c1-6-32-28(31)26-19(5)29(13-14-33-25-15-20(17(2)3)12-11-18(25)4)27-22-10-8-7-9-21(22)24(30)16-23(26)27/h7-12,15-17,30H,6,13-14H2,1-5H3. The number of nitrogens with zero attached hydrogens (tertiary/aromatic N) is 1. The van der Waals surface area contributed by atoms with E-state index in [1.165, 1.54) is 5.56 Å². The Labute approximate surface area is 194 Å². The molecule has 0 unspecified atom stereocenters. The van der Waals surface area contributed by atoms with Crippen LogP contribution in [0, 0.1) is 13.8 Å². The molecule has 4 rings (SSSR count). The summed E-state index contributed by atoms with van der Waals surface area (Å²) < 4.78 is 13.6. The molecule has 0 radical (unpaired) electrons. The lowest BCUT2D eigenvalue weighted by Crippen LogP contribution is -2.12. The molecule has 33 heavy (non-hydrogen) atoms. The Bertz CT molecular complexity index is 1330. The summed E-state index contributed by atoms with van der Waals surface area (Å²) in [5.74, 6) is 1.08. The van der Waals surface area contributed by atoms with Crippen molar-refractivity contribution in [3.05, 3.63) is 70.9 Å². The fourth-order valence-electron chi connectivity index (χ4n) is 4.44. The van der Waals surface area contributed by atoms with Crippen molar-refractivity contribution in [2.24, 2.45) is 0 Å². The van der Waals surface area contributed by atoms with E-state index >= 15 is 0 Å². The molecule has 0 spiro atoms.